The fourth-order valence-corrected chi connectivity index (χ4v) is 3.92. The van der Waals surface area contributed by atoms with Gasteiger partial charge in [-0.15, -0.1) is 0 Å². The average molecular weight is 465 g/mol. The van der Waals surface area contributed by atoms with Gasteiger partial charge in [-0.3, -0.25) is 0 Å². The van der Waals surface area contributed by atoms with Crippen molar-refractivity contribution in [2.75, 3.05) is 0 Å². The van der Waals surface area contributed by atoms with Gasteiger partial charge in [-0.25, -0.2) is 4.39 Å². The molecule has 4 aromatic rings. The molecule has 0 aromatic heterocycles. The van der Waals surface area contributed by atoms with Crippen LogP contribution < -0.4 is 0 Å². The minimum Gasteiger partial charge on any atom is -0.205 e. The van der Waals surface area contributed by atoms with Crippen LogP contribution in [0.15, 0.2) is 78.9 Å². The lowest BCUT2D eigenvalue weighted by Crippen LogP contribution is -1.88. The third kappa shape index (κ3) is 6.29. The van der Waals surface area contributed by atoms with Gasteiger partial charge < -0.3 is 0 Å². The van der Waals surface area contributed by atoms with Crippen LogP contribution in [0, 0.1) is 29.5 Å². The van der Waals surface area contributed by atoms with Crippen molar-refractivity contribution in [2.45, 2.75) is 39.0 Å². The smallest absolute Gasteiger partial charge is 0.146 e. The van der Waals surface area contributed by atoms with Crippen LogP contribution in [-0.4, -0.2) is 0 Å². The van der Waals surface area contributed by atoms with Gasteiger partial charge in [0.1, 0.15) is 5.82 Å². The molecule has 4 rings (SSSR count). The van der Waals surface area contributed by atoms with Gasteiger partial charge in [0.25, 0.3) is 0 Å². The number of hydrogen-bond donors (Lipinski definition) is 0. The predicted molar refractivity (Wildman–Crippen MR) is 142 cm³/mol. The van der Waals surface area contributed by atoms with Gasteiger partial charge in [-0.05, 0) is 78.4 Å². The molecule has 0 aliphatic carbocycles. The minimum absolute atomic E-state index is 0.312. The van der Waals surface area contributed by atoms with E-state index in [1.807, 2.05) is 30.3 Å². The van der Waals surface area contributed by atoms with Crippen molar-refractivity contribution in [1.29, 1.82) is 0 Å². The summed E-state index contributed by atoms with van der Waals surface area (Å²) in [5.41, 5.74) is 4.36. The molecule has 0 radical (unpaired) electrons. The summed E-state index contributed by atoms with van der Waals surface area (Å²) in [6.45, 7) is 2.23. The van der Waals surface area contributed by atoms with Crippen molar-refractivity contribution in [3.05, 3.63) is 118 Å². The maximum atomic E-state index is 15.0. The van der Waals surface area contributed by atoms with Crippen LogP contribution in [0.5, 0.6) is 0 Å². The Bertz CT molecular complexity index is 1390. The van der Waals surface area contributed by atoms with Crippen LogP contribution in [0.25, 0.3) is 10.8 Å². The molecular weight excluding hydrogens is 439 g/mol. The van der Waals surface area contributed by atoms with Crippen molar-refractivity contribution in [3.63, 3.8) is 0 Å². The van der Waals surface area contributed by atoms with E-state index in [0.29, 0.717) is 16.0 Å². The van der Waals surface area contributed by atoms with E-state index in [0.717, 1.165) is 28.5 Å². The molecule has 0 saturated heterocycles. The van der Waals surface area contributed by atoms with E-state index in [4.69, 9.17) is 11.6 Å². The Kier molecular flexibility index (Phi) is 8.04. The predicted octanol–water partition coefficient (Wildman–Crippen LogP) is 8.55. The van der Waals surface area contributed by atoms with Crippen LogP contribution in [0.3, 0.4) is 0 Å². The van der Waals surface area contributed by atoms with Gasteiger partial charge in [-0.1, -0.05) is 85.7 Å². The molecule has 0 unspecified atom stereocenters. The number of halogens is 2. The highest BCUT2D eigenvalue weighted by Crippen LogP contribution is 2.22. The van der Waals surface area contributed by atoms with Gasteiger partial charge in [0.15, 0.2) is 0 Å². The van der Waals surface area contributed by atoms with Crippen LogP contribution >= 0.6 is 11.6 Å². The molecule has 2 heteroatoms. The summed E-state index contributed by atoms with van der Waals surface area (Å²) in [4.78, 5) is 0. The van der Waals surface area contributed by atoms with Crippen molar-refractivity contribution in [2.24, 2.45) is 0 Å². The maximum Gasteiger partial charge on any atom is 0.146 e. The quantitative estimate of drug-likeness (QED) is 0.205. The SMILES string of the molecule is CCCCCCc1ccc(C#Cc2ccc3c(F)c(C#Cc4ccc(Cl)cc4)ccc3c2)cc1. The molecule has 0 saturated carbocycles. The highest BCUT2D eigenvalue weighted by molar-refractivity contribution is 6.30. The highest BCUT2D eigenvalue weighted by Gasteiger charge is 2.06. The first kappa shape index (κ1) is 23.6. The lowest BCUT2D eigenvalue weighted by Gasteiger charge is -2.03. The number of hydrogen-bond acceptors (Lipinski definition) is 0. The number of unbranched alkanes of at least 4 members (excludes halogenated alkanes) is 3. The maximum absolute atomic E-state index is 15.0. The number of fused-ring (bicyclic) bond motifs is 1. The second-order valence-corrected chi connectivity index (χ2v) is 8.81. The zero-order valence-corrected chi connectivity index (χ0v) is 20.1. The molecule has 0 aliphatic rings. The minimum atomic E-state index is -0.312. The van der Waals surface area contributed by atoms with Crippen LogP contribution in [0.2, 0.25) is 5.02 Å². The summed E-state index contributed by atoms with van der Waals surface area (Å²) in [5, 5.41) is 2.00. The Morgan fingerprint density at radius 2 is 1.32 bits per heavy atom. The zero-order valence-electron chi connectivity index (χ0n) is 19.3. The first-order valence-electron chi connectivity index (χ1n) is 11.7. The molecule has 0 fully saturated rings. The normalized spacial score (nSPS) is 10.3. The molecule has 34 heavy (non-hydrogen) atoms. The number of rotatable bonds is 5. The molecule has 0 N–H and O–H groups in total. The fraction of sp³-hybridized carbons (Fsp3) is 0.188. The summed E-state index contributed by atoms with van der Waals surface area (Å²) in [6.07, 6.45) is 6.21. The summed E-state index contributed by atoms with van der Waals surface area (Å²) >= 11 is 5.90. The molecule has 168 valence electrons. The molecule has 0 nitrogen and oxygen atoms in total. The van der Waals surface area contributed by atoms with Crippen molar-refractivity contribution >= 4 is 22.4 Å². The molecule has 0 heterocycles. The fourth-order valence-electron chi connectivity index (χ4n) is 3.79. The van der Waals surface area contributed by atoms with E-state index in [1.165, 1.54) is 31.2 Å². The van der Waals surface area contributed by atoms with Gasteiger partial charge in [0.05, 0.1) is 5.56 Å². The van der Waals surface area contributed by atoms with Crippen molar-refractivity contribution < 1.29 is 4.39 Å². The van der Waals surface area contributed by atoms with Crippen molar-refractivity contribution in [3.8, 4) is 23.7 Å². The van der Waals surface area contributed by atoms with E-state index in [9.17, 15) is 0 Å². The van der Waals surface area contributed by atoms with E-state index >= 15 is 4.39 Å². The number of benzene rings is 4. The lowest BCUT2D eigenvalue weighted by molar-refractivity contribution is 0.636. The van der Waals surface area contributed by atoms with Crippen molar-refractivity contribution in [1.82, 2.24) is 0 Å². The molecule has 0 aliphatic heterocycles. The molecular formula is C32H26ClF. The average Bonchev–Trinajstić information content (AvgIpc) is 2.87. The molecule has 0 atom stereocenters. The second-order valence-electron chi connectivity index (χ2n) is 8.38. The second kappa shape index (κ2) is 11.6. The zero-order chi connectivity index (χ0) is 23.8. The van der Waals surface area contributed by atoms with Crippen LogP contribution in [0.4, 0.5) is 4.39 Å². The standard InChI is InChI=1S/C32H26ClF/c1-2-3-4-5-6-24-7-9-25(10-8-24)11-12-27-16-22-31-29(23-27)19-18-28(32(31)34)17-13-26-14-20-30(33)21-15-26/h7-10,14-16,18-23H,2-6H2,1H3. The molecule has 0 amide bonds. The Morgan fingerprint density at radius 3 is 2.06 bits per heavy atom. The largest absolute Gasteiger partial charge is 0.205 e. The topological polar surface area (TPSA) is 0 Å². The van der Waals surface area contributed by atoms with Gasteiger partial charge in [0, 0.05) is 27.1 Å². The third-order valence-electron chi connectivity index (χ3n) is 5.76. The monoisotopic (exact) mass is 464 g/mol. The summed E-state index contributed by atoms with van der Waals surface area (Å²) in [5.74, 6) is 12.0. The van der Waals surface area contributed by atoms with Gasteiger partial charge in [0.2, 0.25) is 0 Å². The van der Waals surface area contributed by atoms with E-state index in [1.54, 1.807) is 24.3 Å². The highest BCUT2D eigenvalue weighted by atomic mass is 35.5. The number of aryl methyl sites for hydroxylation is 1. The summed E-state index contributed by atoms with van der Waals surface area (Å²) < 4.78 is 15.0. The van der Waals surface area contributed by atoms with Gasteiger partial charge in [-0.2, -0.15) is 0 Å². The van der Waals surface area contributed by atoms with E-state index < -0.39 is 0 Å². The molecule has 0 bridgehead atoms. The molecule has 4 aromatic carbocycles. The lowest BCUT2D eigenvalue weighted by atomic mass is 10.0. The summed E-state index contributed by atoms with van der Waals surface area (Å²) in [7, 11) is 0. The Hall–Kier alpha value is -3.52. The Morgan fingerprint density at radius 1 is 0.676 bits per heavy atom. The first-order chi connectivity index (χ1) is 16.6. The Balaban J connectivity index is 1.48. The van der Waals surface area contributed by atoms with E-state index in [2.05, 4.69) is 54.9 Å². The van der Waals surface area contributed by atoms with Gasteiger partial charge >= 0.3 is 0 Å². The third-order valence-corrected chi connectivity index (χ3v) is 6.02. The van der Waals surface area contributed by atoms with E-state index in [-0.39, 0.29) is 5.82 Å². The van der Waals surface area contributed by atoms with Crippen LogP contribution in [0.1, 0.15) is 60.4 Å². The van der Waals surface area contributed by atoms with Crippen LogP contribution in [-0.2, 0) is 6.42 Å². The first-order valence-corrected chi connectivity index (χ1v) is 12.1. The molecule has 0 spiro atoms. The Labute approximate surface area is 206 Å². The summed E-state index contributed by atoms with van der Waals surface area (Å²) in [6, 6.07) is 24.8.